The molecule has 0 heterocycles. The normalized spacial score (nSPS) is 11.0. The minimum absolute atomic E-state index is 0.270. The van der Waals surface area contributed by atoms with Crippen molar-refractivity contribution < 1.29 is 14.0 Å². The first-order chi connectivity index (χ1) is 4.27. The van der Waals surface area contributed by atoms with Gasteiger partial charge in [-0.3, -0.25) is 4.79 Å². The van der Waals surface area contributed by atoms with Gasteiger partial charge < -0.3 is 9.16 Å². The quantitative estimate of drug-likeness (QED) is 0.303. The fourth-order valence-electron chi connectivity index (χ4n) is 0.380. The second kappa shape index (κ2) is 5.78. The molecule has 0 rings (SSSR count). The molecule has 0 radical (unpaired) electrons. The van der Waals surface area contributed by atoms with Gasteiger partial charge in [-0.1, -0.05) is 0 Å². The summed E-state index contributed by atoms with van der Waals surface area (Å²) in [6.45, 7) is 4.39. The third-order valence-electron chi connectivity index (χ3n) is 0.720. The highest BCUT2D eigenvalue weighted by atomic mass is 28.2. The molecule has 54 valence electrons. The van der Waals surface area contributed by atoms with Crippen molar-refractivity contribution >= 4 is 16.2 Å². The number of hydrogen-bond donors (Lipinski definition) is 0. The molecule has 9 heavy (non-hydrogen) atoms. The molecule has 0 saturated carbocycles. The number of carbonyl (C=O) groups excluding carboxylic acids is 1. The lowest BCUT2D eigenvalue weighted by molar-refractivity contribution is -0.127. The van der Waals surface area contributed by atoms with Crippen molar-refractivity contribution in [3.05, 3.63) is 0 Å². The summed E-state index contributed by atoms with van der Waals surface area (Å²) in [5.74, 6) is 0. The van der Waals surface area contributed by atoms with Crippen LogP contribution in [0.4, 0.5) is 0 Å². The Kier molecular flexibility index (Phi) is 5.55. The van der Waals surface area contributed by atoms with Crippen LogP contribution in [0.1, 0.15) is 13.8 Å². The van der Waals surface area contributed by atoms with E-state index in [0.29, 0.717) is 12.7 Å². The number of rotatable bonds is 5. The highest BCUT2D eigenvalue weighted by Crippen LogP contribution is 1.83. The Bertz CT molecular complexity index is 74.6. The minimum atomic E-state index is -0.601. The maximum Gasteiger partial charge on any atom is 0.292 e. The lowest BCUT2D eigenvalue weighted by Gasteiger charge is -2.04. The average molecular weight is 148 g/mol. The van der Waals surface area contributed by atoms with Crippen LogP contribution in [0, 0.1) is 0 Å². The molecule has 0 unspecified atom stereocenters. The predicted octanol–water partition coefficient (Wildman–Crippen LogP) is -0.374. The Hall–Kier alpha value is -0.353. The highest BCUT2D eigenvalue weighted by Gasteiger charge is 1.91. The van der Waals surface area contributed by atoms with E-state index in [-0.39, 0.29) is 6.10 Å². The molecule has 0 amide bonds. The maximum absolute atomic E-state index is 9.59. The minimum Gasteiger partial charge on any atom is -0.469 e. The van der Waals surface area contributed by atoms with Crippen LogP contribution < -0.4 is 0 Å². The van der Waals surface area contributed by atoms with Gasteiger partial charge in [0.1, 0.15) is 6.23 Å². The van der Waals surface area contributed by atoms with E-state index in [2.05, 4.69) is 4.74 Å². The van der Waals surface area contributed by atoms with Gasteiger partial charge >= 0.3 is 0 Å². The third-order valence-corrected chi connectivity index (χ3v) is 2.03. The highest BCUT2D eigenvalue weighted by molar-refractivity contribution is 6.27. The summed E-state index contributed by atoms with van der Waals surface area (Å²) in [4.78, 5) is 9.59. The topological polar surface area (TPSA) is 35.5 Å². The van der Waals surface area contributed by atoms with Crippen LogP contribution in [0.2, 0.25) is 0 Å². The van der Waals surface area contributed by atoms with E-state index < -0.39 is 9.76 Å². The van der Waals surface area contributed by atoms with E-state index in [1.54, 1.807) is 0 Å². The molecule has 3 nitrogen and oxygen atoms in total. The van der Waals surface area contributed by atoms with Crippen LogP contribution in [0.5, 0.6) is 0 Å². The van der Waals surface area contributed by atoms with Crippen LogP contribution in [0.15, 0.2) is 0 Å². The van der Waals surface area contributed by atoms with Gasteiger partial charge in [-0.15, -0.1) is 0 Å². The molecule has 0 saturated heterocycles. The SMILES string of the molecule is CC(C)O[SiH2]COC=O. The molecule has 0 atom stereocenters. The Morgan fingerprint density at radius 3 is 2.78 bits per heavy atom. The first-order valence-electron chi connectivity index (χ1n) is 2.94. The smallest absolute Gasteiger partial charge is 0.292 e. The van der Waals surface area contributed by atoms with Crippen molar-refractivity contribution in [1.29, 1.82) is 0 Å². The van der Waals surface area contributed by atoms with E-state index in [0.717, 1.165) is 0 Å². The van der Waals surface area contributed by atoms with Crippen molar-refractivity contribution in [2.24, 2.45) is 0 Å². The maximum atomic E-state index is 9.59. The average Bonchev–Trinajstić information content (AvgIpc) is 1.80. The summed E-state index contributed by atoms with van der Waals surface area (Å²) in [6, 6.07) is 0. The fourth-order valence-corrected chi connectivity index (χ4v) is 1.14. The van der Waals surface area contributed by atoms with Crippen LogP contribution >= 0.6 is 0 Å². The van der Waals surface area contributed by atoms with Gasteiger partial charge in [-0.25, -0.2) is 0 Å². The molecule has 0 N–H and O–H groups in total. The van der Waals surface area contributed by atoms with E-state index in [1.165, 1.54) is 0 Å². The van der Waals surface area contributed by atoms with Crippen LogP contribution in [0.3, 0.4) is 0 Å². The molecule has 0 bridgehead atoms. The molecule has 0 aromatic heterocycles. The van der Waals surface area contributed by atoms with Gasteiger partial charge in [0.15, 0.2) is 0 Å². The number of ether oxygens (including phenoxy) is 1. The largest absolute Gasteiger partial charge is 0.469 e. The Morgan fingerprint density at radius 1 is 1.67 bits per heavy atom. The number of carbonyl (C=O) groups is 1. The summed E-state index contributed by atoms with van der Waals surface area (Å²) in [6.07, 6.45) is 0.758. The number of hydrogen-bond acceptors (Lipinski definition) is 3. The summed E-state index contributed by atoms with van der Waals surface area (Å²) in [5.41, 5.74) is 0. The van der Waals surface area contributed by atoms with Gasteiger partial charge in [-0.05, 0) is 13.8 Å². The van der Waals surface area contributed by atoms with Crippen molar-refractivity contribution in [2.75, 3.05) is 6.23 Å². The first-order valence-corrected chi connectivity index (χ1v) is 4.52. The lowest BCUT2D eigenvalue weighted by atomic mass is 10.5. The van der Waals surface area contributed by atoms with E-state index in [9.17, 15) is 4.79 Å². The van der Waals surface area contributed by atoms with Crippen molar-refractivity contribution in [3.63, 3.8) is 0 Å². The fraction of sp³-hybridized carbons (Fsp3) is 0.800. The molecule has 0 aliphatic heterocycles. The van der Waals surface area contributed by atoms with Crippen molar-refractivity contribution in [1.82, 2.24) is 0 Å². The standard InChI is InChI=1S/C5H12O3Si/c1-5(2)8-9-4-7-3-6/h3,5H,4,9H2,1-2H3. The molecule has 4 heteroatoms. The third kappa shape index (κ3) is 7.65. The van der Waals surface area contributed by atoms with Gasteiger partial charge in [0, 0.05) is 6.10 Å². The molecule has 0 spiro atoms. The Labute approximate surface area is 57.3 Å². The van der Waals surface area contributed by atoms with E-state index >= 15 is 0 Å². The summed E-state index contributed by atoms with van der Waals surface area (Å²) in [7, 11) is -0.601. The Balaban J connectivity index is 2.82. The second-order valence-electron chi connectivity index (χ2n) is 1.89. The first kappa shape index (κ1) is 8.65. The Morgan fingerprint density at radius 2 is 2.33 bits per heavy atom. The summed E-state index contributed by atoms with van der Waals surface area (Å²) < 4.78 is 9.64. The van der Waals surface area contributed by atoms with Crippen molar-refractivity contribution in [2.45, 2.75) is 20.0 Å². The van der Waals surface area contributed by atoms with Gasteiger partial charge in [0.25, 0.3) is 6.47 Å². The van der Waals surface area contributed by atoms with Crippen LogP contribution in [-0.4, -0.2) is 28.6 Å². The lowest BCUT2D eigenvalue weighted by Crippen LogP contribution is -2.12. The van der Waals surface area contributed by atoms with Gasteiger partial charge in [0.2, 0.25) is 9.76 Å². The van der Waals surface area contributed by atoms with Gasteiger partial charge in [0.05, 0.1) is 0 Å². The zero-order valence-corrected chi connectivity index (χ0v) is 7.21. The van der Waals surface area contributed by atoms with Crippen LogP contribution in [0.25, 0.3) is 0 Å². The molecular weight excluding hydrogens is 136 g/mol. The zero-order valence-electron chi connectivity index (χ0n) is 5.79. The van der Waals surface area contributed by atoms with Crippen LogP contribution in [-0.2, 0) is 14.0 Å². The van der Waals surface area contributed by atoms with E-state index in [4.69, 9.17) is 4.43 Å². The summed E-state index contributed by atoms with van der Waals surface area (Å²) in [5, 5.41) is 0. The molecule has 0 aromatic carbocycles. The molecular formula is C5H12O3Si. The monoisotopic (exact) mass is 148 g/mol. The van der Waals surface area contributed by atoms with Crippen molar-refractivity contribution in [3.8, 4) is 0 Å². The molecule has 0 aliphatic carbocycles. The molecule has 0 aliphatic rings. The predicted molar refractivity (Wildman–Crippen MR) is 36.8 cm³/mol. The van der Waals surface area contributed by atoms with Gasteiger partial charge in [-0.2, -0.15) is 0 Å². The second-order valence-corrected chi connectivity index (χ2v) is 3.04. The molecule has 0 aromatic rings. The zero-order chi connectivity index (χ0) is 7.11. The molecule has 0 fully saturated rings. The summed E-state index contributed by atoms with van der Waals surface area (Å²) >= 11 is 0. The van der Waals surface area contributed by atoms with E-state index in [1.807, 2.05) is 13.8 Å².